The molecule has 0 unspecified atom stereocenters. The number of aromatic amines is 1. The number of morpholine rings is 1. The van der Waals surface area contributed by atoms with Gasteiger partial charge in [0, 0.05) is 48.1 Å². The van der Waals surface area contributed by atoms with E-state index in [1.165, 1.54) is 0 Å². The molecule has 0 aliphatic carbocycles. The molecule has 3 heterocycles. The summed E-state index contributed by atoms with van der Waals surface area (Å²) in [6, 6.07) is 23.8. The molecule has 2 aromatic heterocycles. The maximum atomic E-state index is 12.9. The zero-order valence-corrected chi connectivity index (χ0v) is 23.8. The minimum absolute atomic E-state index is 0.0853. The molecule has 0 radical (unpaired) electrons. The first-order valence-electron chi connectivity index (χ1n) is 14.2. The Morgan fingerprint density at radius 2 is 1.86 bits per heavy atom. The zero-order valence-electron chi connectivity index (χ0n) is 23.8. The molecule has 9 heteroatoms. The Morgan fingerprint density at radius 1 is 1.07 bits per heavy atom. The summed E-state index contributed by atoms with van der Waals surface area (Å²) in [5.41, 5.74) is 7.67. The molecule has 0 saturated carbocycles. The number of rotatable bonds is 8. The smallest absolute Gasteiger partial charge is 0.273 e. The number of carbonyl (C=O) groups is 1. The maximum absolute atomic E-state index is 12.9. The van der Waals surface area contributed by atoms with Crippen LogP contribution in [0.5, 0.6) is 5.88 Å². The Labute approximate surface area is 244 Å². The first-order chi connectivity index (χ1) is 20.5. The van der Waals surface area contributed by atoms with Crippen molar-refractivity contribution in [3.8, 4) is 5.88 Å². The summed E-state index contributed by atoms with van der Waals surface area (Å²) in [5, 5.41) is 18.9. The lowest BCUT2D eigenvalue weighted by molar-refractivity contribution is 0.101. The lowest BCUT2D eigenvalue weighted by atomic mass is 10.0. The molecular formula is C33H34N6O3. The van der Waals surface area contributed by atoms with Crippen LogP contribution in [0.4, 0.5) is 17.1 Å². The highest BCUT2D eigenvalue weighted by atomic mass is 16.5. The van der Waals surface area contributed by atoms with Crippen LogP contribution >= 0.6 is 0 Å². The van der Waals surface area contributed by atoms with Gasteiger partial charge in [0.25, 0.3) is 5.91 Å². The molecule has 5 aromatic rings. The van der Waals surface area contributed by atoms with Gasteiger partial charge >= 0.3 is 0 Å². The number of fused-ring (bicyclic) bond motifs is 1. The topological polar surface area (TPSA) is 108 Å². The lowest BCUT2D eigenvalue weighted by Gasteiger charge is -2.28. The molecule has 214 valence electrons. The average molecular weight is 563 g/mol. The van der Waals surface area contributed by atoms with E-state index in [9.17, 15) is 9.90 Å². The highest BCUT2D eigenvalue weighted by Gasteiger charge is 2.15. The van der Waals surface area contributed by atoms with E-state index in [4.69, 9.17) is 4.74 Å². The number of hydrogen-bond donors (Lipinski definition) is 3. The highest BCUT2D eigenvalue weighted by Crippen LogP contribution is 2.29. The Bertz CT molecular complexity index is 1750. The number of nitrogens with one attached hydrogen (secondary N) is 2. The van der Waals surface area contributed by atoms with Gasteiger partial charge in [-0.05, 0) is 86.0 Å². The van der Waals surface area contributed by atoms with Gasteiger partial charge in [0.05, 0.1) is 30.2 Å². The number of hydrogen-bond acceptors (Lipinski definition) is 6. The van der Waals surface area contributed by atoms with Crippen molar-refractivity contribution in [1.29, 1.82) is 0 Å². The summed E-state index contributed by atoms with van der Waals surface area (Å²) in [5.74, 6) is -0.0967. The quantitative estimate of drug-likeness (QED) is 0.206. The van der Waals surface area contributed by atoms with Crippen LogP contribution in [-0.4, -0.2) is 58.3 Å². The van der Waals surface area contributed by atoms with E-state index >= 15 is 0 Å². The number of ether oxygens (including phenoxy) is 1. The second-order valence-corrected chi connectivity index (χ2v) is 10.5. The molecule has 0 spiro atoms. The van der Waals surface area contributed by atoms with Crippen molar-refractivity contribution in [2.24, 2.45) is 4.99 Å². The van der Waals surface area contributed by atoms with Crippen molar-refractivity contribution >= 4 is 40.1 Å². The molecule has 3 aromatic carbocycles. The Hall–Kier alpha value is -4.89. The molecule has 1 aliphatic rings. The standard InChI is InChI=1S/C33H34N6O3/c1-3-39-31(17-22(2)37-39)33(41)35-26-6-4-5-23(19-26)18-24-7-12-30-28(20-24)29(32(40)36-30)21-34-25-8-10-27(11-9-25)38-13-15-42-16-14-38/h4-12,17,19-21,36,40H,3,13-16,18H2,1-2H3,(H,35,41). The van der Waals surface area contributed by atoms with E-state index in [-0.39, 0.29) is 11.8 Å². The normalized spacial score (nSPS) is 13.7. The largest absolute Gasteiger partial charge is 0.494 e. The van der Waals surface area contributed by atoms with Gasteiger partial charge in [0.1, 0.15) is 5.69 Å². The number of nitrogens with zero attached hydrogens (tertiary/aromatic N) is 4. The van der Waals surface area contributed by atoms with E-state index in [2.05, 4.69) is 43.5 Å². The summed E-state index contributed by atoms with van der Waals surface area (Å²) >= 11 is 0. The van der Waals surface area contributed by atoms with Crippen LogP contribution in [0.1, 0.15) is 39.8 Å². The first kappa shape index (κ1) is 27.3. The van der Waals surface area contributed by atoms with Gasteiger partial charge in [-0.1, -0.05) is 18.2 Å². The molecule has 0 bridgehead atoms. The van der Waals surface area contributed by atoms with Gasteiger partial charge < -0.3 is 25.0 Å². The third kappa shape index (κ3) is 5.91. The molecule has 1 amide bonds. The molecule has 1 saturated heterocycles. The Kier molecular flexibility index (Phi) is 7.74. The Balaban J connectivity index is 1.18. The average Bonchev–Trinajstić information content (AvgIpc) is 3.55. The van der Waals surface area contributed by atoms with E-state index in [0.717, 1.165) is 71.1 Å². The second-order valence-electron chi connectivity index (χ2n) is 10.5. The van der Waals surface area contributed by atoms with E-state index < -0.39 is 0 Å². The van der Waals surface area contributed by atoms with Gasteiger partial charge in [0.15, 0.2) is 5.88 Å². The van der Waals surface area contributed by atoms with Crippen LogP contribution in [0, 0.1) is 6.92 Å². The van der Waals surface area contributed by atoms with Crippen molar-refractivity contribution in [1.82, 2.24) is 14.8 Å². The van der Waals surface area contributed by atoms with Gasteiger partial charge in [-0.15, -0.1) is 0 Å². The third-order valence-electron chi connectivity index (χ3n) is 7.48. The Morgan fingerprint density at radius 3 is 2.64 bits per heavy atom. The maximum Gasteiger partial charge on any atom is 0.273 e. The number of anilines is 2. The molecule has 0 atom stereocenters. The molecular weight excluding hydrogens is 528 g/mol. The third-order valence-corrected chi connectivity index (χ3v) is 7.48. The van der Waals surface area contributed by atoms with Crippen molar-refractivity contribution in [2.45, 2.75) is 26.8 Å². The van der Waals surface area contributed by atoms with Crippen LogP contribution < -0.4 is 10.2 Å². The highest BCUT2D eigenvalue weighted by molar-refractivity contribution is 6.04. The SMILES string of the molecule is CCn1nc(C)cc1C(=O)Nc1cccc(Cc2ccc3[nH]c(O)c(C=Nc4ccc(N5CCOCC5)cc4)c3c2)c1. The fourth-order valence-electron chi connectivity index (χ4n) is 5.36. The predicted octanol–water partition coefficient (Wildman–Crippen LogP) is 5.83. The molecule has 1 fully saturated rings. The van der Waals surface area contributed by atoms with E-state index in [1.807, 2.05) is 62.4 Å². The number of H-pyrrole nitrogens is 1. The van der Waals surface area contributed by atoms with Crippen molar-refractivity contribution in [3.05, 3.63) is 101 Å². The van der Waals surface area contributed by atoms with Crippen molar-refractivity contribution in [3.63, 3.8) is 0 Å². The summed E-state index contributed by atoms with van der Waals surface area (Å²) in [7, 11) is 0. The number of aromatic nitrogens is 3. The van der Waals surface area contributed by atoms with E-state index in [0.29, 0.717) is 24.2 Å². The minimum Gasteiger partial charge on any atom is -0.494 e. The predicted molar refractivity (Wildman–Crippen MR) is 167 cm³/mol. The fraction of sp³-hybridized carbons (Fsp3) is 0.242. The summed E-state index contributed by atoms with van der Waals surface area (Å²) in [6.07, 6.45) is 2.37. The van der Waals surface area contributed by atoms with Crippen molar-refractivity contribution < 1.29 is 14.6 Å². The van der Waals surface area contributed by atoms with Gasteiger partial charge in [-0.2, -0.15) is 5.10 Å². The van der Waals surface area contributed by atoms with Crippen LogP contribution in [-0.2, 0) is 17.7 Å². The van der Waals surface area contributed by atoms with Crippen molar-refractivity contribution in [2.75, 3.05) is 36.5 Å². The number of aryl methyl sites for hydroxylation is 2. The summed E-state index contributed by atoms with van der Waals surface area (Å²) < 4.78 is 7.15. The van der Waals surface area contributed by atoms with Gasteiger partial charge in [0.2, 0.25) is 0 Å². The van der Waals surface area contributed by atoms with Gasteiger partial charge in [-0.3, -0.25) is 14.5 Å². The lowest BCUT2D eigenvalue weighted by Crippen LogP contribution is -2.36. The molecule has 6 rings (SSSR count). The molecule has 3 N–H and O–H groups in total. The minimum atomic E-state index is -0.182. The summed E-state index contributed by atoms with van der Waals surface area (Å²) in [4.78, 5) is 22.9. The van der Waals surface area contributed by atoms with E-state index in [1.54, 1.807) is 17.0 Å². The molecule has 1 aliphatic heterocycles. The number of aliphatic imine (C=N–C) groups is 1. The first-order valence-corrected chi connectivity index (χ1v) is 14.2. The second kappa shape index (κ2) is 11.9. The zero-order chi connectivity index (χ0) is 29.1. The number of carbonyl (C=O) groups excluding carboxylic acids is 1. The van der Waals surface area contributed by atoms with Crippen LogP contribution in [0.2, 0.25) is 0 Å². The monoisotopic (exact) mass is 562 g/mol. The fourth-order valence-corrected chi connectivity index (χ4v) is 5.36. The van der Waals surface area contributed by atoms with Crippen LogP contribution in [0.15, 0.2) is 77.8 Å². The number of benzene rings is 3. The number of amides is 1. The van der Waals surface area contributed by atoms with Crippen LogP contribution in [0.25, 0.3) is 10.9 Å². The number of aromatic hydroxyl groups is 1. The molecule has 42 heavy (non-hydrogen) atoms. The van der Waals surface area contributed by atoms with Crippen LogP contribution in [0.3, 0.4) is 0 Å². The summed E-state index contributed by atoms with van der Waals surface area (Å²) in [6.45, 7) is 7.74. The molecule has 9 nitrogen and oxygen atoms in total. The van der Waals surface area contributed by atoms with Gasteiger partial charge in [-0.25, -0.2) is 0 Å².